The van der Waals surface area contributed by atoms with Gasteiger partial charge < -0.3 is 15.2 Å². The molecule has 4 rings (SSSR count). The minimum absolute atomic E-state index is 0.0291. The van der Waals surface area contributed by atoms with Gasteiger partial charge in [0.25, 0.3) is 0 Å². The minimum Gasteiger partial charge on any atom is -0.393 e. The molecule has 1 saturated carbocycles. The number of hydrogen-bond donors (Lipinski definition) is 2. The van der Waals surface area contributed by atoms with E-state index in [4.69, 9.17) is 4.74 Å². The summed E-state index contributed by atoms with van der Waals surface area (Å²) in [5.41, 5.74) is 3.65. The van der Waals surface area contributed by atoms with E-state index in [1.54, 1.807) is 10.9 Å². The van der Waals surface area contributed by atoms with Crippen LogP contribution in [-0.4, -0.2) is 63.8 Å². The maximum Gasteiger partial charge on any atom is 0.391 e. The Morgan fingerprint density at radius 1 is 1.32 bits per heavy atom. The third kappa shape index (κ3) is 5.52. The van der Waals surface area contributed by atoms with E-state index in [-0.39, 0.29) is 24.0 Å². The van der Waals surface area contributed by atoms with Crippen LogP contribution in [0.1, 0.15) is 62.4 Å². The number of aliphatic imine (C=N–C) groups is 1. The number of aliphatic hydroxyl groups is 1. The number of nitrogens with one attached hydrogen (secondary N) is 1. The highest BCUT2D eigenvalue weighted by Gasteiger charge is 2.31. The van der Waals surface area contributed by atoms with Crippen LogP contribution in [-0.2, 0) is 4.74 Å². The summed E-state index contributed by atoms with van der Waals surface area (Å²) in [6.45, 7) is 8.12. The van der Waals surface area contributed by atoms with Gasteiger partial charge >= 0.3 is 6.18 Å². The van der Waals surface area contributed by atoms with Gasteiger partial charge in [0.05, 0.1) is 38.0 Å². The van der Waals surface area contributed by atoms with E-state index >= 15 is 0 Å². The van der Waals surface area contributed by atoms with Crippen LogP contribution in [0.15, 0.2) is 28.6 Å². The lowest BCUT2D eigenvalue weighted by Crippen LogP contribution is -2.35. The Morgan fingerprint density at radius 3 is 2.62 bits per heavy atom. The SMILES string of the molecule is C=N/C(=N\n1c(C)c(-c2cnn(C3COC3)c2)cc1[C@H]1CC[C@H](O)CC1)N[C@@H](C)CC(F)(F)F. The molecule has 11 heteroatoms. The van der Waals surface area contributed by atoms with Gasteiger partial charge in [0.2, 0.25) is 5.96 Å². The van der Waals surface area contributed by atoms with Gasteiger partial charge in [-0.2, -0.15) is 18.3 Å². The number of nitrogens with zero attached hydrogens (tertiary/aromatic N) is 5. The van der Waals surface area contributed by atoms with Crippen molar-refractivity contribution in [1.82, 2.24) is 19.8 Å². The van der Waals surface area contributed by atoms with Crippen molar-refractivity contribution >= 4 is 12.7 Å². The highest BCUT2D eigenvalue weighted by molar-refractivity contribution is 5.84. The van der Waals surface area contributed by atoms with Gasteiger partial charge in [0.1, 0.15) is 0 Å². The van der Waals surface area contributed by atoms with Crippen molar-refractivity contribution in [2.75, 3.05) is 13.2 Å². The van der Waals surface area contributed by atoms with E-state index in [1.165, 1.54) is 6.92 Å². The Kier molecular flexibility index (Phi) is 7.13. The molecule has 1 atom stereocenters. The van der Waals surface area contributed by atoms with E-state index in [0.29, 0.717) is 26.1 Å². The van der Waals surface area contributed by atoms with Gasteiger partial charge in [-0.25, -0.2) is 9.67 Å². The van der Waals surface area contributed by atoms with E-state index < -0.39 is 18.6 Å². The molecule has 2 aromatic rings. The molecule has 0 unspecified atom stereocenters. The molecule has 3 heterocycles. The minimum atomic E-state index is -4.30. The fraction of sp³-hybridized carbons (Fsp3) is 0.609. The molecule has 0 radical (unpaired) electrons. The topological polar surface area (TPSA) is 89.0 Å². The normalized spacial score (nSPS) is 22.9. The molecule has 2 aliphatic rings. The molecule has 1 saturated heterocycles. The molecule has 1 aliphatic heterocycles. The summed E-state index contributed by atoms with van der Waals surface area (Å²) >= 11 is 0. The number of rotatable bonds is 6. The zero-order valence-electron chi connectivity index (χ0n) is 19.4. The van der Waals surface area contributed by atoms with Crippen LogP contribution >= 0.6 is 0 Å². The van der Waals surface area contributed by atoms with Gasteiger partial charge in [-0.3, -0.25) is 4.68 Å². The van der Waals surface area contributed by atoms with E-state index in [9.17, 15) is 18.3 Å². The lowest BCUT2D eigenvalue weighted by Gasteiger charge is -2.26. The summed E-state index contributed by atoms with van der Waals surface area (Å²) in [7, 11) is 0. The Labute approximate surface area is 196 Å². The van der Waals surface area contributed by atoms with Crippen molar-refractivity contribution in [3.8, 4) is 11.1 Å². The number of halogens is 3. The lowest BCUT2D eigenvalue weighted by atomic mass is 9.85. The Balaban J connectivity index is 1.68. The van der Waals surface area contributed by atoms with E-state index in [0.717, 1.165) is 35.4 Å². The molecule has 2 N–H and O–H groups in total. The van der Waals surface area contributed by atoms with Crippen LogP contribution in [0.3, 0.4) is 0 Å². The molecule has 0 aromatic carbocycles. The largest absolute Gasteiger partial charge is 0.393 e. The summed E-state index contributed by atoms with van der Waals surface area (Å²) in [6.07, 6.45) is 1.17. The highest BCUT2D eigenvalue weighted by Crippen LogP contribution is 2.38. The first-order chi connectivity index (χ1) is 16.1. The number of aromatic nitrogens is 3. The smallest absolute Gasteiger partial charge is 0.391 e. The number of hydrogen-bond acceptors (Lipinski definition) is 4. The van der Waals surface area contributed by atoms with Crippen LogP contribution in [0.25, 0.3) is 11.1 Å². The fourth-order valence-corrected chi connectivity index (χ4v) is 4.58. The van der Waals surface area contributed by atoms with Crippen molar-refractivity contribution in [2.45, 2.75) is 76.2 Å². The third-order valence-corrected chi connectivity index (χ3v) is 6.52. The Hall–Kier alpha value is -2.66. The molecule has 0 bridgehead atoms. The second kappa shape index (κ2) is 9.91. The fourth-order valence-electron chi connectivity index (χ4n) is 4.58. The first-order valence-electron chi connectivity index (χ1n) is 11.6. The second-order valence-electron chi connectivity index (χ2n) is 9.23. The standard InChI is InChI=1S/C23H31F3N6O2/c1-14(9-23(24,25)26)29-22(27-3)30-32-15(2)20(8-21(32)16-4-6-19(33)7-5-16)17-10-28-31(11-17)18-12-34-13-18/h8,10-11,14,16,18-19,33H,3-7,9,12-13H2,1-2H3,(H,29,30)/t14-,16-,19-/m0/s1. The van der Waals surface area contributed by atoms with Crippen molar-refractivity contribution in [2.24, 2.45) is 10.1 Å². The molecule has 34 heavy (non-hydrogen) atoms. The van der Waals surface area contributed by atoms with Gasteiger partial charge in [-0.15, -0.1) is 5.10 Å². The number of guanidine groups is 1. The average Bonchev–Trinajstić information content (AvgIpc) is 3.31. The van der Waals surface area contributed by atoms with Crippen molar-refractivity contribution < 1.29 is 23.0 Å². The lowest BCUT2D eigenvalue weighted by molar-refractivity contribution is -0.138. The van der Waals surface area contributed by atoms with Crippen LogP contribution < -0.4 is 5.32 Å². The Morgan fingerprint density at radius 2 is 2.03 bits per heavy atom. The number of aliphatic hydroxyl groups excluding tert-OH is 1. The molecule has 2 fully saturated rings. The predicted octanol–water partition coefficient (Wildman–Crippen LogP) is 4.00. The molecule has 0 spiro atoms. The van der Waals surface area contributed by atoms with Crippen molar-refractivity contribution in [1.29, 1.82) is 0 Å². The van der Waals surface area contributed by atoms with Crippen LogP contribution in [0.5, 0.6) is 0 Å². The molecule has 0 amide bonds. The summed E-state index contributed by atoms with van der Waals surface area (Å²) in [6, 6.07) is 1.39. The number of ether oxygens (including phenoxy) is 1. The summed E-state index contributed by atoms with van der Waals surface area (Å²) < 4.78 is 47.3. The van der Waals surface area contributed by atoms with Crippen LogP contribution in [0.4, 0.5) is 13.2 Å². The monoisotopic (exact) mass is 480 g/mol. The van der Waals surface area contributed by atoms with Gasteiger partial charge in [-0.1, -0.05) is 0 Å². The summed E-state index contributed by atoms with van der Waals surface area (Å²) in [5.74, 6) is 0.190. The molecule has 8 nitrogen and oxygen atoms in total. The molecule has 2 aromatic heterocycles. The third-order valence-electron chi connectivity index (χ3n) is 6.52. The average molecular weight is 481 g/mol. The first kappa shape index (κ1) is 24.5. The van der Waals surface area contributed by atoms with Crippen molar-refractivity contribution in [3.63, 3.8) is 0 Å². The maximum atomic E-state index is 12.8. The predicted molar refractivity (Wildman–Crippen MR) is 123 cm³/mol. The van der Waals surface area contributed by atoms with E-state index in [1.807, 2.05) is 17.8 Å². The first-order valence-corrected chi connectivity index (χ1v) is 11.6. The van der Waals surface area contributed by atoms with Gasteiger partial charge in [-0.05, 0) is 52.3 Å². The van der Waals surface area contributed by atoms with Crippen LogP contribution in [0.2, 0.25) is 0 Å². The second-order valence-corrected chi connectivity index (χ2v) is 9.23. The van der Waals surface area contributed by atoms with Crippen LogP contribution in [0, 0.1) is 6.92 Å². The highest BCUT2D eigenvalue weighted by atomic mass is 19.4. The van der Waals surface area contributed by atoms with E-state index in [2.05, 4.69) is 33.3 Å². The zero-order valence-corrected chi connectivity index (χ0v) is 19.4. The quantitative estimate of drug-likeness (QED) is 0.483. The molecular formula is C23H31F3N6O2. The summed E-state index contributed by atoms with van der Waals surface area (Å²) in [4.78, 5) is 3.85. The van der Waals surface area contributed by atoms with Crippen molar-refractivity contribution in [3.05, 3.63) is 29.8 Å². The molecule has 1 aliphatic carbocycles. The molecule has 186 valence electrons. The molecular weight excluding hydrogens is 449 g/mol. The summed E-state index contributed by atoms with van der Waals surface area (Å²) in [5, 5.41) is 21.7. The maximum absolute atomic E-state index is 12.8. The Bertz CT molecular complexity index is 1030. The zero-order chi connectivity index (χ0) is 24.5. The number of alkyl halides is 3. The van der Waals surface area contributed by atoms with Gasteiger partial charge in [0.15, 0.2) is 0 Å². The van der Waals surface area contributed by atoms with Gasteiger partial charge in [0, 0.05) is 40.7 Å².